The van der Waals surface area contributed by atoms with Gasteiger partial charge in [-0.2, -0.15) is 0 Å². The molecular formula is C26H33NO3. The number of ether oxygens (including phenoxy) is 3. The molecule has 4 nitrogen and oxygen atoms in total. The summed E-state index contributed by atoms with van der Waals surface area (Å²) in [5.41, 5.74) is 4.17. The first-order valence-corrected chi connectivity index (χ1v) is 11.4. The highest BCUT2D eigenvalue weighted by molar-refractivity contribution is 5.49. The predicted octanol–water partition coefficient (Wildman–Crippen LogP) is 5.01. The molecule has 30 heavy (non-hydrogen) atoms. The molecule has 2 aromatic carbocycles. The fourth-order valence-electron chi connectivity index (χ4n) is 5.92. The lowest BCUT2D eigenvalue weighted by Crippen LogP contribution is -2.48. The van der Waals surface area contributed by atoms with E-state index in [2.05, 4.69) is 47.4 Å². The summed E-state index contributed by atoms with van der Waals surface area (Å²) in [7, 11) is 3.46. The van der Waals surface area contributed by atoms with E-state index in [-0.39, 0.29) is 0 Å². The van der Waals surface area contributed by atoms with Crippen LogP contribution >= 0.6 is 0 Å². The van der Waals surface area contributed by atoms with Crippen molar-refractivity contribution in [1.82, 2.24) is 4.90 Å². The first-order chi connectivity index (χ1) is 14.7. The quantitative estimate of drug-likeness (QED) is 0.697. The molecule has 0 radical (unpaired) electrons. The molecule has 4 atom stereocenters. The molecule has 1 saturated heterocycles. The molecule has 1 unspecified atom stereocenters. The molecular weight excluding hydrogens is 374 g/mol. The van der Waals surface area contributed by atoms with Crippen LogP contribution in [0.3, 0.4) is 0 Å². The van der Waals surface area contributed by atoms with Gasteiger partial charge in [0.2, 0.25) is 0 Å². The molecule has 3 aliphatic rings. The molecule has 5 rings (SSSR count). The lowest BCUT2D eigenvalue weighted by atomic mass is 9.69. The molecule has 0 bridgehead atoms. The van der Waals surface area contributed by atoms with Crippen LogP contribution in [0.15, 0.2) is 42.5 Å². The van der Waals surface area contributed by atoms with Crippen molar-refractivity contribution in [2.75, 3.05) is 27.3 Å². The zero-order valence-electron chi connectivity index (χ0n) is 18.2. The number of hydrogen-bond acceptors (Lipinski definition) is 4. The van der Waals surface area contributed by atoms with Crippen LogP contribution in [-0.4, -0.2) is 38.3 Å². The van der Waals surface area contributed by atoms with Crippen molar-refractivity contribution >= 4 is 0 Å². The highest BCUT2D eigenvalue weighted by Gasteiger charge is 2.42. The predicted molar refractivity (Wildman–Crippen MR) is 118 cm³/mol. The van der Waals surface area contributed by atoms with Crippen LogP contribution in [0.5, 0.6) is 11.5 Å². The minimum absolute atomic E-state index is 0.407. The number of benzene rings is 2. The van der Waals surface area contributed by atoms with Gasteiger partial charge in [-0.15, -0.1) is 0 Å². The first kappa shape index (κ1) is 19.9. The molecule has 0 N–H and O–H groups in total. The highest BCUT2D eigenvalue weighted by atomic mass is 16.5. The maximum Gasteiger partial charge on any atom is 0.161 e. The molecule has 2 heterocycles. The summed E-state index contributed by atoms with van der Waals surface area (Å²) in [6, 6.07) is 15.5. The van der Waals surface area contributed by atoms with Gasteiger partial charge in [0.1, 0.15) is 0 Å². The van der Waals surface area contributed by atoms with Gasteiger partial charge in [-0.05, 0) is 72.8 Å². The third-order valence-corrected chi connectivity index (χ3v) is 7.53. The molecule has 0 spiro atoms. The van der Waals surface area contributed by atoms with Gasteiger partial charge in [0.15, 0.2) is 11.5 Å². The van der Waals surface area contributed by atoms with Crippen molar-refractivity contribution in [3.05, 3.63) is 59.2 Å². The van der Waals surface area contributed by atoms with E-state index in [1.54, 1.807) is 14.2 Å². The molecule has 0 aromatic heterocycles. The van der Waals surface area contributed by atoms with E-state index in [0.29, 0.717) is 12.1 Å². The van der Waals surface area contributed by atoms with Crippen molar-refractivity contribution in [3.63, 3.8) is 0 Å². The standard InChI is InChI=1S/C26H33NO3/c1-28-25-14-20-10-11-27-16-21-12-22(30-17-18-6-4-3-5-7-18)9-8-19(21)13-24(27)23(20)15-26(25)29-2/h3-7,14-15,19,21-22,24H,8-13,16-17H2,1-2H3/t19-,21+,22-,24?/m1/s1. The average Bonchev–Trinajstić information content (AvgIpc) is 2.81. The van der Waals surface area contributed by atoms with Gasteiger partial charge in [-0.25, -0.2) is 0 Å². The molecule has 2 aromatic rings. The van der Waals surface area contributed by atoms with E-state index in [9.17, 15) is 0 Å². The molecule has 4 heteroatoms. The molecule has 2 aliphatic heterocycles. The molecule has 1 saturated carbocycles. The highest BCUT2D eigenvalue weighted by Crippen LogP contribution is 2.48. The van der Waals surface area contributed by atoms with Crippen LogP contribution in [0, 0.1) is 11.8 Å². The maximum absolute atomic E-state index is 6.32. The van der Waals surface area contributed by atoms with E-state index >= 15 is 0 Å². The Labute approximate surface area is 180 Å². The zero-order valence-corrected chi connectivity index (χ0v) is 18.2. The summed E-state index contributed by atoms with van der Waals surface area (Å²) < 4.78 is 17.5. The van der Waals surface area contributed by atoms with Crippen LogP contribution in [-0.2, 0) is 17.8 Å². The van der Waals surface area contributed by atoms with E-state index in [1.807, 2.05) is 0 Å². The Bertz CT molecular complexity index is 868. The fraction of sp³-hybridized carbons (Fsp3) is 0.538. The van der Waals surface area contributed by atoms with Crippen molar-refractivity contribution in [1.29, 1.82) is 0 Å². The Hall–Kier alpha value is -2.04. The third kappa shape index (κ3) is 3.83. The summed E-state index contributed by atoms with van der Waals surface area (Å²) in [6.07, 6.45) is 6.45. The van der Waals surface area contributed by atoms with Crippen molar-refractivity contribution in [2.45, 2.75) is 50.9 Å². The van der Waals surface area contributed by atoms with Crippen LogP contribution in [0.25, 0.3) is 0 Å². The number of methoxy groups -OCH3 is 2. The first-order valence-electron chi connectivity index (χ1n) is 11.4. The minimum atomic E-state index is 0.407. The smallest absolute Gasteiger partial charge is 0.161 e. The molecule has 0 amide bonds. The Kier molecular flexibility index (Phi) is 5.70. The largest absolute Gasteiger partial charge is 0.493 e. The molecule has 1 aliphatic carbocycles. The van der Waals surface area contributed by atoms with Crippen molar-refractivity contribution < 1.29 is 14.2 Å². The van der Waals surface area contributed by atoms with Gasteiger partial charge >= 0.3 is 0 Å². The van der Waals surface area contributed by atoms with Crippen LogP contribution in [0.4, 0.5) is 0 Å². The van der Waals surface area contributed by atoms with Gasteiger partial charge in [-0.1, -0.05) is 30.3 Å². The van der Waals surface area contributed by atoms with E-state index in [4.69, 9.17) is 14.2 Å². The second kappa shape index (κ2) is 8.60. The van der Waals surface area contributed by atoms with E-state index < -0.39 is 0 Å². The summed E-state index contributed by atoms with van der Waals surface area (Å²) in [5.74, 6) is 3.28. The molecule has 160 valence electrons. The fourth-order valence-corrected chi connectivity index (χ4v) is 5.92. The number of rotatable bonds is 5. The van der Waals surface area contributed by atoms with Gasteiger partial charge in [0.05, 0.1) is 26.9 Å². The topological polar surface area (TPSA) is 30.9 Å². The SMILES string of the molecule is COc1cc2c(cc1OC)C1C[C@H]3CC[C@@H](OCc4ccccc4)C[C@H]3CN1CC2. The van der Waals surface area contributed by atoms with Crippen LogP contribution < -0.4 is 9.47 Å². The van der Waals surface area contributed by atoms with E-state index in [0.717, 1.165) is 42.9 Å². The van der Waals surface area contributed by atoms with Gasteiger partial charge in [0, 0.05) is 19.1 Å². The Balaban J connectivity index is 1.26. The van der Waals surface area contributed by atoms with Crippen LogP contribution in [0.1, 0.15) is 48.4 Å². The second-order valence-corrected chi connectivity index (χ2v) is 9.15. The summed E-state index contributed by atoms with van der Waals surface area (Å²) in [6.45, 7) is 3.09. The van der Waals surface area contributed by atoms with Crippen molar-refractivity contribution in [3.8, 4) is 11.5 Å². The summed E-state index contributed by atoms with van der Waals surface area (Å²) in [5, 5.41) is 0. The van der Waals surface area contributed by atoms with Gasteiger partial charge in [-0.3, -0.25) is 4.90 Å². The number of fused-ring (bicyclic) bond motifs is 4. The second-order valence-electron chi connectivity index (χ2n) is 9.15. The third-order valence-electron chi connectivity index (χ3n) is 7.53. The maximum atomic E-state index is 6.32. The number of piperidine rings is 1. The Morgan fingerprint density at radius 1 is 0.933 bits per heavy atom. The Morgan fingerprint density at radius 2 is 1.73 bits per heavy atom. The lowest BCUT2D eigenvalue weighted by Gasteiger charge is -2.50. The minimum Gasteiger partial charge on any atom is -0.493 e. The lowest BCUT2D eigenvalue weighted by molar-refractivity contribution is -0.0479. The normalized spacial score (nSPS) is 28.2. The zero-order chi connectivity index (χ0) is 20.5. The summed E-state index contributed by atoms with van der Waals surface area (Å²) >= 11 is 0. The Morgan fingerprint density at radius 3 is 2.53 bits per heavy atom. The number of nitrogens with zero attached hydrogens (tertiary/aromatic N) is 1. The van der Waals surface area contributed by atoms with Crippen molar-refractivity contribution in [2.24, 2.45) is 11.8 Å². The van der Waals surface area contributed by atoms with Gasteiger partial charge in [0.25, 0.3) is 0 Å². The monoisotopic (exact) mass is 407 g/mol. The average molecular weight is 408 g/mol. The van der Waals surface area contributed by atoms with E-state index in [1.165, 1.54) is 48.9 Å². The molecule has 2 fully saturated rings. The number of hydrogen-bond donors (Lipinski definition) is 0. The van der Waals surface area contributed by atoms with Gasteiger partial charge < -0.3 is 14.2 Å². The summed E-state index contributed by atoms with van der Waals surface area (Å²) in [4.78, 5) is 2.72. The van der Waals surface area contributed by atoms with Crippen LogP contribution in [0.2, 0.25) is 0 Å².